The predicted molar refractivity (Wildman–Crippen MR) is 80.8 cm³/mol. The second-order valence-corrected chi connectivity index (χ2v) is 6.13. The Hall–Kier alpha value is -2.21. The molecule has 1 saturated carbocycles. The fourth-order valence-corrected chi connectivity index (χ4v) is 3.65. The Balaban J connectivity index is 1.40. The van der Waals surface area contributed by atoms with E-state index in [-0.39, 0.29) is 18.5 Å². The van der Waals surface area contributed by atoms with Gasteiger partial charge in [-0.1, -0.05) is 29.5 Å². The highest BCUT2D eigenvalue weighted by Gasteiger charge is 2.53. The molecule has 3 unspecified atom stereocenters. The van der Waals surface area contributed by atoms with Crippen molar-refractivity contribution in [1.82, 2.24) is 20.3 Å². The van der Waals surface area contributed by atoms with Crippen molar-refractivity contribution in [2.45, 2.75) is 37.9 Å². The van der Waals surface area contributed by atoms with E-state index in [9.17, 15) is 4.79 Å². The molecule has 2 aliphatic carbocycles. The lowest BCUT2D eigenvalue weighted by Gasteiger charge is -2.13. The molecule has 0 spiro atoms. The molecule has 22 heavy (non-hydrogen) atoms. The van der Waals surface area contributed by atoms with Gasteiger partial charge in [0.1, 0.15) is 6.54 Å². The third-order valence-corrected chi connectivity index (χ3v) is 4.76. The molecule has 114 valence electrons. The number of benzene rings is 1. The molecule has 0 saturated heterocycles. The number of nitrogens with zero attached hydrogens (tertiary/aromatic N) is 3. The molecule has 1 amide bonds. The van der Waals surface area contributed by atoms with Crippen LogP contribution in [0.3, 0.4) is 0 Å². The van der Waals surface area contributed by atoms with E-state index in [1.807, 2.05) is 0 Å². The molecule has 3 N–H and O–H groups in total. The number of carbonyl (C=O) groups is 1. The van der Waals surface area contributed by atoms with Crippen LogP contribution in [0.1, 0.15) is 29.2 Å². The molecule has 2 aromatic rings. The van der Waals surface area contributed by atoms with Crippen LogP contribution in [0.15, 0.2) is 30.5 Å². The number of carbonyl (C=O) groups excluding carboxylic acids is 1. The average molecular weight is 297 g/mol. The van der Waals surface area contributed by atoms with E-state index in [0.29, 0.717) is 24.1 Å². The van der Waals surface area contributed by atoms with Gasteiger partial charge in [-0.25, -0.2) is 4.68 Å². The Bertz CT molecular complexity index is 710. The lowest BCUT2D eigenvalue weighted by atomic mass is 9.92. The van der Waals surface area contributed by atoms with Gasteiger partial charge in [0.25, 0.3) is 0 Å². The van der Waals surface area contributed by atoms with Crippen LogP contribution < -0.4 is 11.1 Å². The normalized spacial score (nSPS) is 25.2. The van der Waals surface area contributed by atoms with Gasteiger partial charge in [0.15, 0.2) is 0 Å². The minimum atomic E-state index is -0.00893. The van der Waals surface area contributed by atoms with E-state index >= 15 is 0 Å². The second-order valence-electron chi connectivity index (χ2n) is 6.13. The van der Waals surface area contributed by atoms with Gasteiger partial charge in [0, 0.05) is 18.5 Å². The number of aromatic nitrogens is 3. The van der Waals surface area contributed by atoms with Gasteiger partial charge in [0.2, 0.25) is 5.91 Å². The Labute approximate surface area is 128 Å². The molecule has 1 aromatic carbocycles. The Morgan fingerprint density at radius 3 is 3.09 bits per heavy atom. The molecule has 0 aliphatic heterocycles. The summed E-state index contributed by atoms with van der Waals surface area (Å²) in [6, 6.07) is 8.85. The number of nitrogens with one attached hydrogen (secondary N) is 1. The number of aryl methyl sites for hydroxylation is 1. The van der Waals surface area contributed by atoms with Crippen molar-refractivity contribution in [2.24, 2.45) is 11.7 Å². The molecule has 4 rings (SSSR count). The van der Waals surface area contributed by atoms with Crippen LogP contribution in [0.2, 0.25) is 0 Å². The SMILES string of the molecule is NCc1cn(CC(=O)NC2C3CCc4ccccc4C32)nn1. The molecular formula is C16H19N5O. The highest BCUT2D eigenvalue weighted by Crippen LogP contribution is 2.54. The lowest BCUT2D eigenvalue weighted by Crippen LogP contribution is -2.31. The summed E-state index contributed by atoms with van der Waals surface area (Å²) < 4.78 is 1.54. The zero-order valence-electron chi connectivity index (χ0n) is 12.3. The van der Waals surface area contributed by atoms with Crippen molar-refractivity contribution in [3.8, 4) is 0 Å². The fourth-order valence-electron chi connectivity index (χ4n) is 3.65. The molecule has 3 atom stereocenters. The summed E-state index contributed by atoms with van der Waals surface area (Å²) in [6.45, 7) is 0.537. The minimum Gasteiger partial charge on any atom is -0.351 e. The lowest BCUT2D eigenvalue weighted by molar-refractivity contribution is -0.122. The molecule has 0 radical (unpaired) electrons. The average Bonchev–Trinajstić information content (AvgIpc) is 3.04. The summed E-state index contributed by atoms with van der Waals surface area (Å²) in [7, 11) is 0. The first-order valence-corrected chi connectivity index (χ1v) is 7.72. The molecular weight excluding hydrogens is 278 g/mol. The number of hydrogen-bond acceptors (Lipinski definition) is 4. The van der Waals surface area contributed by atoms with Gasteiger partial charge in [-0.15, -0.1) is 5.10 Å². The van der Waals surface area contributed by atoms with Crippen LogP contribution >= 0.6 is 0 Å². The van der Waals surface area contributed by atoms with Gasteiger partial charge >= 0.3 is 0 Å². The van der Waals surface area contributed by atoms with Crippen molar-refractivity contribution in [2.75, 3.05) is 0 Å². The first-order valence-electron chi connectivity index (χ1n) is 7.72. The summed E-state index contributed by atoms with van der Waals surface area (Å²) in [5, 5.41) is 11.0. The van der Waals surface area contributed by atoms with Crippen LogP contribution in [0.5, 0.6) is 0 Å². The first kappa shape index (κ1) is 13.5. The van der Waals surface area contributed by atoms with E-state index in [1.54, 1.807) is 6.20 Å². The second kappa shape index (κ2) is 5.21. The van der Waals surface area contributed by atoms with Crippen molar-refractivity contribution in [3.05, 3.63) is 47.3 Å². The third kappa shape index (κ3) is 2.29. The zero-order chi connectivity index (χ0) is 15.1. The zero-order valence-corrected chi connectivity index (χ0v) is 12.3. The first-order chi connectivity index (χ1) is 10.8. The van der Waals surface area contributed by atoms with Gasteiger partial charge in [-0.3, -0.25) is 4.79 Å². The molecule has 0 bridgehead atoms. The number of nitrogens with two attached hydrogens (primary N) is 1. The topological polar surface area (TPSA) is 85.8 Å². The quantitative estimate of drug-likeness (QED) is 0.864. The summed E-state index contributed by atoms with van der Waals surface area (Å²) >= 11 is 0. The van der Waals surface area contributed by atoms with Gasteiger partial charge in [-0.05, 0) is 29.9 Å². The molecule has 6 heteroatoms. The standard InChI is InChI=1S/C16H19N5O/c17-7-11-8-21(20-19-11)9-14(22)18-16-13-6-5-10-3-1-2-4-12(10)15(13)16/h1-4,8,13,15-16H,5-7,9,17H2,(H,18,22). The number of rotatable bonds is 4. The van der Waals surface area contributed by atoms with Crippen LogP contribution in [0, 0.1) is 5.92 Å². The largest absolute Gasteiger partial charge is 0.351 e. The summed E-state index contributed by atoms with van der Waals surface area (Å²) in [5.74, 6) is 1.07. The van der Waals surface area contributed by atoms with Gasteiger partial charge < -0.3 is 11.1 Å². The summed E-state index contributed by atoms with van der Waals surface area (Å²) in [4.78, 5) is 12.2. The molecule has 1 fully saturated rings. The predicted octanol–water partition coefficient (Wildman–Crippen LogP) is 0.581. The fraction of sp³-hybridized carbons (Fsp3) is 0.438. The summed E-state index contributed by atoms with van der Waals surface area (Å²) in [5.41, 5.74) is 9.04. The maximum Gasteiger partial charge on any atom is 0.242 e. The van der Waals surface area contributed by atoms with Gasteiger partial charge in [0.05, 0.1) is 11.9 Å². The third-order valence-electron chi connectivity index (χ3n) is 4.76. The molecule has 1 aromatic heterocycles. The van der Waals surface area contributed by atoms with Crippen molar-refractivity contribution < 1.29 is 4.79 Å². The van der Waals surface area contributed by atoms with E-state index in [4.69, 9.17) is 5.73 Å². The number of fused-ring (bicyclic) bond motifs is 3. The van der Waals surface area contributed by atoms with Gasteiger partial charge in [-0.2, -0.15) is 0 Å². The number of hydrogen-bond donors (Lipinski definition) is 2. The molecule has 6 nitrogen and oxygen atoms in total. The van der Waals surface area contributed by atoms with Crippen molar-refractivity contribution in [3.63, 3.8) is 0 Å². The smallest absolute Gasteiger partial charge is 0.242 e. The van der Waals surface area contributed by atoms with E-state index in [2.05, 4.69) is 39.9 Å². The van der Waals surface area contributed by atoms with Crippen LogP contribution in [-0.4, -0.2) is 26.9 Å². The Morgan fingerprint density at radius 1 is 1.41 bits per heavy atom. The molecule has 1 heterocycles. The maximum absolute atomic E-state index is 12.2. The van der Waals surface area contributed by atoms with Crippen LogP contribution in [0.4, 0.5) is 0 Å². The van der Waals surface area contributed by atoms with Crippen molar-refractivity contribution in [1.29, 1.82) is 0 Å². The maximum atomic E-state index is 12.2. The minimum absolute atomic E-state index is 0.00893. The van der Waals surface area contributed by atoms with Crippen LogP contribution in [-0.2, 0) is 24.3 Å². The number of amides is 1. The van der Waals surface area contributed by atoms with E-state index < -0.39 is 0 Å². The molecule has 2 aliphatic rings. The van der Waals surface area contributed by atoms with E-state index in [1.165, 1.54) is 15.8 Å². The van der Waals surface area contributed by atoms with Crippen LogP contribution in [0.25, 0.3) is 0 Å². The van der Waals surface area contributed by atoms with Crippen molar-refractivity contribution >= 4 is 5.91 Å². The Morgan fingerprint density at radius 2 is 2.27 bits per heavy atom. The summed E-state index contributed by atoms with van der Waals surface area (Å²) in [6.07, 6.45) is 3.99. The Kier molecular flexibility index (Phi) is 3.18. The van der Waals surface area contributed by atoms with E-state index in [0.717, 1.165) is 12.8 Å². The highest BCUT2D eigenvalue weighted by molar-refractivity contribution is 5.76. The monoisotopic (exact) mass is 297 g/mol. The highest BCUT2D eigenvalue weighted by atomic mass is 16.2.